The largest absolute Gasteiger partial charge is 0.350 e. The lowest BCUT2D eigenvalue weighted by Crippen LogP contribution is -2.46. The van der Waals surface area contributed by atoms with Gasteiger partial charge in [0.2, 0.25) is 5.91 Å². The Morgan fingerprint density at radius 2 is 1.86 bits per heavy atom. The van der Waals surface area contributed by atoms with Gasteiger partial charge in [-0.1, -0.05) is 35.3 Å². The molecule has 7 nitrogen and oxygen atoms in total. The molecule has 2 aromatic rings. The molecule has 0 unspecified atom stereocenters. The van der Waals surface area contributed by atoms with E-state index in [0.29, 0.717) is 17.2 Å². The molecule has 10 heteroatoms. The van der Waals surface area contributed by atoms with Gasteiger partial charge in [-0.3, -0.25) is 19.7 Å². The van der Waals surface area contributed by atoms with Crippen molar-refractivity contribution in [2.24, 2.45) is 0 Å². The topological polar surface area (TPSA) is 101 Å². The molecular formula is C19H19Cl2N3O4S. The first-order valence-electron chi connectivity index (χ1n) is 8.57. The highest BCUT2D eigenvalue weighted by Crippen LogP contribution is 2.25. The molecule has 0 aliphatic heterocycles. The highest BCUT2D eigenvalue weighted by molar-refractivity contribution is 7.98. The van der Waals surface area contributed by atoms with Crippen LogP contribution in [-0.4, -0.2) is 34.8 Å². The first-order valence-corrected chi connectivity index (χ1v) is 10.7. The number of halogens is 2. The minimum Gasteiger partial charge on any atom is -0.350 e. The van der Waals surface area contributed by atoms with Crippen molar-refractivity contribution < 1.29 is 14.5 Å². The first kappa shape index (κ1) is 23.0. The van der Waals surface area contributed by atoms with Gasteiger partial charge in [0, 0.05) is 23.2 Å². The van der Waals surface area contributed by atoms with E-state index in [1.165, 1.54) is 12.1 Å². The number of thioether (sulfide) groups is 1. The van der Waals surface area contributed by atoms with Crippen molar-refractivity contribution in [1.29, 1.82) is 0 Å². The summed E-state index contributed by atoms with van der Waals surface area (Å²) in [7, 11) is 0. The molecule has 2 amide bonds. The number of carbonyl (C=O) groups is 2. The van der Waals surface area contributed by atoms with Crippen LogP contribution in [0.2, 0.25) is 10.0 Å². The van der Waals surface area contributed by atoms with Gasteiger partial charge in [-0.25, -0.2) is 0 Å². The van der Waals surface area contributed by atoms with E-state index in [1.807, 2.05) is 6.26 Å². The fraction of sp³-hybridized carbons (Fsp3) is 0.263. The van der Waals surface area contributed by atoms with Crippen LogP contribution >= 0.6 is 35.0 Å². The number of nitrogens with one attached hydrogen (secondary N) is 2. The zero-order chi connectivity index (χ0) is 21.4. The van der Waals surface area contributed by atoms with Gasteiger partial charge in [0.05, 0.1) is 4.92 Å². The number of rotatable bonds is 9. The maximum atomic E-state index is 12.6. The lowest BCUT2D eigenvalue weighted by atomic mass is 10.1. The molecule has 0 aliphatic rings. The van der Waals surface area contributed by atoms with Crippen LogP contribution in [0.25, 0.3) is 0 Å². The van der Waals surface area contributed by atoms with Gasteiger partial charge < -0.3 is 10.6 Å². The van der Waals surface area contributed by atoms with Gasteiger partial charge in [-0.15, -0.1) is 0 Å². The van der Waals surface area contributed by atoms with Crippen LogP contribution in [0.3, 0.4) is 0 Å². The Bertz CT molecular complexity index is 894. The molecule has 154 valence electrons. The fourth-order valence-electron chi connectivity index (χ4n) is 2.45. The Balaban J connectivity index is 2.07. The predicted octanol–water partition coefficient (Wildman–Crippen LogP) is 4.07. The summed E-state index contributed by atoms with van der Waals surface area (Å²) in [5, 5.41) is 17.0. The van der Waals surface area contributed by atoms with Gasteiger partial charge >= 0.3 is 0 Å². The molecule has 29 heavy (non-hydrogen) atoms. The summed E-state index contributed by atoms with van der Waals surface area (Å²) < 4.78 is 0. The average molecular weight is 456 g/mol. The smallest absolute Gasteiger partial charge is 0.288 e. The summed E-state index contributed by atoms with van der Waals surface area (Å²) in [6.45, 7) is 0.286. The first-order chi connectivity index (χ1) is 13.8. The van der Waals surface area contributed by atoms with E-state index in [2.05, 4.69) is 10.6 Å². The number of nitrogens with zero attached hydrogens (tertiary/aromatic N) is 1. The van der Waals surface area contributed by atoms with Crippen molar-refractivity contribution in [3.05, 3.63) is 73.8 Å². The second kappa shape index (κ2) is 11.0. The Morgan fingerprint density at radius 1 is 1.17 bits per heavy atom. The molecule has 0 heterocycles. The Hall–Kier alpha value is -2.29. The molecule has 0 fully saturated rings. The number of carbonyl (C=O) groups excluding carboxylic acids is 2. The standard InChI is InChI=1S/C19H19Cl2N3O4S/c1-29-9-8-16(19(26)22-11-12-2-5-14(20)6-3-12)23-18(25)13-4-7-15(21)17(10-13)24(27)28/h2-7,10,16H,8-9,11H2,1H3,(H,22,26)(H,23,25)/t16-/m1/s1. The number of benzene rings is 2. The number of nitro groups is 1. The van der Waals surface area contributed by atoms with E-state index < -0.39 is 16.9 Å². The van der Waals surface area contributed by atoms with Crippen molar-refractivity contribution in [2.75, 3.05) is 12.0 Å². The summed E-state index contributed by atoms with van der Waals surface area (Å²) in [4.78, 5) is 35.5. The monoisotopic (exact) mass is 455 g/mol. The highest BCUT2D eigenvalue weighted by Gasteiger charge is 2.23. The molecule has 0 bridgehead atoms. The van der Waals surface area contributed by atoms with E-state index in [0.717, 1.165) is 11.6 Å². The molecular weight excluding hydrogens is 437 g/mol. The molecule has 0 spiro atoms. The third-order valence-electron chi connectivity index (χ3n) is 4.02. The lowest BCUT2D eigenvalue weighted by Gasteiger charge is -2.18. The van der Waals surface area contributed by atoms with Crippen molar-refractivity contribution in [3.63, 3.8) is 0 Å². The van der Waals surface area contributed by atoms with Crippen LogP contribution in [0.4, 0.5) is 5.69 Å². The van der Waals surface area contributed by atoms with Gasteiger partial charge in [0.15, 0.2) is 0 Å². The summed E-state index contributed by atoms with van der Waals surface area (Å²) in [6.07, 6.45) is 2.31. The summed E-state index contributed by atoms with van der Waals surface area (Å²) in [5.41, 5.74) is 0.555. The maximum Gasteiger partial charge on any atom is 0.288 e. The predicted molar refractivity (Wildman–Crippen MR) is 116 cm³/mol. The van der Waals surface area contributed by atoms with Gasteiger partial charge in [-0.2, -0.15) is 11.8 Å². The zero-order valence-corrected chi connectivity index (χ0v) is 17.8. The van der Waals surface area contributed by atoms with E-state index in [1.54, 1.807) is 36.0 Å². The van der Waals surface area contributed by atoms with Crippen LogP contribution in [-0.2, 0) is 11.3 Å². The van der Waals surface area contributed by atoms with Gasteiger partial charge in [0.25, 0.3) is 11.6 Å². The van der Waals surface area contributed by atoms with Crippen molar-refractivity contribution >= 4 is 52.5 Å². The van der Waals surface area contributed by atoms with Crippen LogP contribution in [0.15, 0.2) is 42.5 Å². The summed E-state index contributed by atoms with van der Waals surface area (Å²) >= 11 is 13.2. The molecule has 0 aromatic heterocycles. The van der Waals surface area contributed by atoms with Crippen LogP contribution < -0.4 is 10.6 Å². The molecule has 0 saturated heterocycles. The molecule has 0 saturated carbocycles. The summed E-state index contributed by atoms with van der Waals surface area (Å²) in [5.74, 6) is -0.275. The second-order valence-corrected chi connectivity index (χ2v) is 7.90. The number of nitro benzene ring substituents is 1. The Kier molecular flexibility index (Phi) is 8.75. The number of hydrogen-bond donors (Lipinski definition) is 2. The Morgan fingerprint density at radius 3 is 2.48 bits per heavy atom. The van der Waals surface area contributed by atoms with Crippen LogP contribution in [0.1, 0.15) is 22.3 Å². The third-order valence-corrected chi connectivity index (χ3v) is 5.23. The van der Waals surface area contributed by atoms with Crippen molar-refractivity contribution in [3.8, 4) is 0 Å². The maximum absolute atomic E-state index is 12.6. The van der Waals surface area contributed by atoms with Crippen molar-refractivity contribution in [1.82, 2.24) is 10.6 Å². The third kappa shape index (κ3) is 6.92. The second-order valence-electron chi connectivity index (χ2n) is 6.08. The lowest BCUT2D eigenvalue weighted by molar-refractivity contribution is -0.384. The van der Waals surface area contributed by atoms with Gasteiger partial charge in [-0.05, 0) is 48.3 Å². The van der Waals surface area contributed by atoms with Crippen LogP contribution in [0.5, 0.6) is 0 Å². The van der Waals surface area contributed by atoms with E-state index in [9.17, 15) is 19.7 Å². The molecule has 2 N–H and O–H groups in total. The minimum atomic E-state index is -0.781. The van der Waals surface area contributed by atoms with E-state index >= 15 is 0 Å². The SMILES string of the molecule is CSCC[C@@H](NC(=O)c1ccc(Cl)c([N+](=O)[O-])c1)C(=O)NCc1ccc(Cl)cc1. The zero-order valence-electron chi connectivity index (χ0n) is 15.5. The van der Waals surface area contributed by atoms with E-state index in [-0.39, 0.29) is 28.7 Å². The molecule has 2 rings (SSSR count). The fourth-order valence-corrected chi connectivity index (χ4v) is 3.24. The molecule has 1 atom stereocenters. The summed E-state index contributed by atoms with van der Waals surface area (Å²) in [6, 6.07) is 10.0. The molecule has 2 aromatic carbocycles. The van der Waals surface area contributed by atoms with E-state index in [4.69, 9.17) is 23.2 Å². The minimum absolute atomic E-state index is 0.0563. The normalized spacial score (nSPS) is 11.6. The number of hydrogen-bond acceptors (Lipinski definition) is 5. The Labute approximate surface area is 182 Å². The van der Waals surface area contributed by atoms with Crippen molar-refractivity contribution in [2.45, 2.75) is 19.0 Å². The average Bonchev–Trinajstić information content (AvgIpc) is 2.70. The highest BCUT2D eigenvalue weighted by atomic mass is 35.5. The number of amides is 2. The quantitative estimate of drug-likeness (QED) is 0.438. The van der Waals surface area contributed by atoms with Crippen LogP contribution in [0, 0.1) is 10.1 Å². The van der Waals surface area contributed by atoms with Gasteiger partial charge in [0.1, 0.15) is 11.1 Å². The molecule has 0 aliphatic carbocycles. The molecule has 0 radical (unpaired) electrons.